The second kappa shape index (κ2) is 9.78. The molecule has 1 saturated heterocycles. The number of halogens is 2. The second-order valence-electron chi connectivity index (χ2n) is 10.8. The Kier molecular flexibility index (Phi) is 6.13. The van der Waals surface area contributed by atoms with Crippen LogP contribution in [0.5, 0.6) is 5.75 Å². The number of fused-ring (bicyclic) bond motifs is 5. The lowest BCUT2D eigenvalue weighted by Crippen LogP contribution is -2.48. The van der Waals surface area contributed by atoms with Crippen molar-refractivity contribution >= 4 is 40.7 Å². The van der Waals surface area contributed by atoms with Crippen molar-refractivity contribution in [3.8, 4) is 5.75 Å². The monoisotopic (exact) mass is 577 g/mol. The molecule has 7 heteroatoms. The number of nitrogens with zero attached hydrogens (tertiary/aromatic N) is 1. The Balaban J connectivity index is 1.56. The summed E-state index contributed by atoms with van der Waals surface area (Å²) in [5.41, 5.74) is 1.33. The van der Waals surface area contributed by atoms with E-state index >= 15 is 0 Å². The summed E-state index contributed by atoms with van der Waals surface area (Å²) < 4.78 is 20.0. The molecule has 2 heterocycles. The fraction of sp³-hybridized carbons (Fsp3) is 0.171. The van der Waals surface area contributed by atoms with Crippen LogP contribution in [-0.4, -0.2) is 36.0 Å². The highest BCUT2D eigenvalue weighted by Crippen LogP contribution is 2.62. The molecular formula is C35H25ClFNO4. The quantitative estimate of drug-likeness (QED) is 0.185. The van der Waals surface area contributed by atoms with Gasteiger partial charge in [0.25, 0.3) is 0 Å². The lowest BCUT2D eigenvalue weighted by molar-refractivity contribution is 0.0664. The Bertz CT molecular complexity index is 1780. The Morgan fingerprint density at radius 2 is 1.60 bits per heavy atom. The normalized spacial score (nSPS) is 21.3. The van der Waals surface area contributed by atoms with Gasteiger partial charge in [-0.3, -0.25) is 14.4 Å². The fourth-order valence-corrected chi connectivity index (χ4v) is 7.28. The summed E-state index contributed by atoms with van der Waals surface area (Å²) in [4.78, 5) is 46.1. The highest BCUT2D eigenvalue weighted by molar-refractivity contribution is 6.33. The second-order valence-corrected chi connectivity index (χ2v) is 11.2. The van der Waals surface area contributed by atoms with Gasteiger partial charge >= 0.3 is 0 Å². The number of benzene rings is 4. The van der Waals surface area contributed by atoms with Gasteiger partial charge in [0, 0.05) is 38.9 Å². The summed E-state index contributed by atoms with van der Waals surface area (Å²) in [5, 5.41) is 0.519. The summed E-state index contributed by atoms with van der Waals surface area (Å²) in [7, 11) is 0. The van der Waals surface area contributed by atoms with Crippen LogP contribution in [0.3, 0.4) is 0 Å². The summed E-state index contributed by atoms with van der Waals surface area (Å²) in [6, 6.07) is 23.0. The molecule has 0 aromatic heterocycles. The van der Waals surface area contributed by atoms with Crippen molar-refractivity contribution in [2.24, 2.45) is 5.41 Å². The van der Waals surface area contributed by atoms with Crippen molar-refractivity contribution in [3.63, 3.8) is 0 Å². The molecule has 0 N–H and O–H groups in total. The van der Waals surface area contributed by atoms with E-state index < -0.39 is 29.2 Å². The van der Waals surface area contributed by atoms with Crippen LogP contribution in [0.2, 0.25) is 5.02 Å². The van der Waals surface area contributed by atoms with E-state index in [0.717, 1.165) is 5.56 Å². The number of hydrogen-bond donors (Lipinski definition) is 0. The van der Waals surface area contributed by atoms with Gasteiger partial charge in [0.15, 0.2) is 17.3 Å². The van der Waals surface area contributed by atoms with Crippen LogP contribution in [-0.2, 0) is 0 Å². The van der Waals surface area contributed by atoms with Crippen LogP contribution in [0.4, 0.5) is 10.1 Å². The first-order valence-corrected chi connectivity index (χ1v) is 14.2. The van der Waals surface area contributed by atoms with Gasteiger partial charge in [0.05, 0.1) is 12.6 Å². The van der Waals surface area contributed by atoms with E-state index in [9.17, 15) is 18.8 Å². The molecule has 42 heavy (non-hydrogen) atoms. The maximum absolute atomic E-state index is 14.8. The molecule has 1 spiro atoms. The summed E-state index contributed by atoms with van der Waals surface area (Å²) in [6.07, 6.45) is 3.71. The maximum Gasteiger partial charge on any atom is 0.185 e. The third-order valence-corrected chi connectivity index (χ3v) is 8.95. The number of carbonyl (C=O) groups excluding carboxylic acids is 3. The van der Waals surface area contributed by atoms with E-state index in [0.29, 0.717) is 39.8 Å². The van der Waals surface area contributed by atoms with Gasteiger partial charge in [-0.25, -0.2) is 4.39 Å². The molecular weight excluding hydrogens is 553 g/mol. The third kappa shape index (κ3) is 3.58. The summed E-state index contributed by atoms with van der Waals surface area (Å²) in [5.74, 6) is -1.89. The maximum atomic E-state index is 14.8. The van der Waals surface area contributed by atoms with Gasteiger partial charge in [-0.1, -0.05) is 66.2 Å². The molecule has 3 aliphatic rings. The minimum atomic E-state index is -1.66. The smallest absolute Gasteiger partial charge is 0.185 e. The lowest BCUT2D eigenvalue weighted by atomic mass is 9.64. The summed E-state index contributed by atoms with van der Waals surface area (Å²) >= 11 is 6.36. The van der Waals surface area contributed by atoms with Gasteiger partial charge in [0.1, 0.15) is 23.0 Å². The first kappa shape index (κ1) is 26.4. The zero-order chi connectivity index (χ0) is 29.2. The molecule has 4 aromatic carbocycles. The largest absolute Gasteiger partial charge is 0.494 e. The first-order valence-electron chi connectivity index (χ1n) is 13.8. The molecule has 7 rings (SSSR count). The molecule has 3 atom stereocenters. The zero-order valence-corrected chi connectivity index (χ0v) is 23.3. The van der Waals surface area contributed by atoms with Crippen molar-refractivity contribution < 1.29 is 23.5 Å². The number of Topliss-reactive ketones (excluding diaryl/α,β-unsaturated/α-hetero) is 3. The molecule has 4 aromatic rings. The van der Waals surface area contributed by atoms with Crippen molar-refractivity contribution in [1.29, 1.82) is 0 Å². The highest BCUT2D eigenvalue weighted by Gasteiger charge is 2.71. The Hall–Kier alpha value is -4.55. The minimum Gasteiger partial charge on any atom is -0.494 e. The average Bonchev–Trinajstić information content (AvgIpc) is 3.43. The van der Waals surface area contributed by atoms with Crippen molar-refractivity contribution in [3.05, 3.63) is 136 Å². The van der Waals surface area contributed by atoms with E-state index in [1.54, 1.807) is 42.5 Å². The number of carbonyl (C=O) groups is 3. The standard InChI is InChI=1S/C35H25ClFNO4/c1-2-42-28-10-6-5-9-26(28)30-31(32(39)20-11-15-23(37)16-12-20)38-27-17-14-22(36)19-21(27)13-18-29(38)35(30)33(40)24-7-3-4-8-25(24)34(35)41/h3-19,29-31H,2H2,1H3/t29?,30-,31+/m0/s1. The van der Waals surface area contributed by atoms with Gasteiger partial charge in [0.2, 0.25) is 0 Å². The molecule has 1 fully saturated rings. The zero-order valence-electron chi connectivity index (χ0n) is 22.6. The average molecular weight is 578 g/mol. The van der Waals surface area contributed by atoms with E-state index in [1.807, 2.05) is 48.2 Å². The Morgan fingerprint density at radius 3 is 2.29 bits per heavy atom. The van der Waals surface area contributed by atoms with Crippen LogP contribution in [0.25, 0.3) is 6.08 Å². The SMILES string of the molecule is CCOc1ccccc1[C@H]1[C@H](C(=O)c2ccc(F)cc2)N2c3ccc(Cl)cc3C=CC2C12C(=O)c1ccccc1C2=O. The van der Waals surface area contributed by atoms with E-state index in [1.165, 1.54) is 24.3 Å². The third-order valence-electron chi connectivity index (χ3n) is 8.72. The number of hydrogen-bond acceptors (Lipinski definition) is 5. The van der Waals surface area contributed by atoms with E-state index in [4.69, 9.17) is 16.3 Å². The molecule has 208 valence electrons. The number of para-hydroxylation sites is 1. The van der Waals surface area contributed by atoms with Crippen molar-refractivity contribution in [2.45, 2.75) is 24.9 Å². The van der Waals surface area contributed by atoms with E-state index in [-0.39, 0.29) is 22.9 Å². The van der Waals surface area contributed by atoms with Crippen LogP contribution in [0.15, 0.2) is 97.1 Å². The van der Waals surface area contributed by atoms with Gasteiger partial charge in [-0.05, 0) is 61.0 Å². The van der Waals surface area contributed by atoms with Gasteiger partial charge < -0.3 is 9.64 Å². The molecule has 0 amide bonds. The molecule has 1 unspecified atom stereocenters. The number of rotatable bonds is 5. The van der Waals surface area contributed by atoms with Crippen LogP contribution in [0, 0.1) is 11.2 Å². The van der Waals surface area contributed by atoms with Gasteiger partial charge in [-0.2, -0.15) is 0 Å². The fourth-order valence-electron chi connectivity index (χ4n) is 7.10. The number of anilines is 1. The molecule has 1 aliphatic carbocycles. The van der Waals surface area contributed by atoms with Crippen molar-refractivity contribution in [2.75, 3.05) is 11.5 Å². The van der Waals surface area contributed by atoms with Crippen molar-refractivity contribution in [1.82, 2.24) is 0 Å². The van der Waals surface area contributed by atoms with Crippen LogP contribution >= 0.6 is 11.6 Å². The molecule has 0 radical (unpaired) electrons. The van der Waals surface area contributed by atoms with Crippen LogP contribution < -0.4 is 9.64 Å². The minimum absolute atomic E-state index is 0.275. The lowest BCUT2D eigenvalue weighted by Gasteiger charge is -2.37. The van der Waals surface area contributed by atoms with Gasteiger partial charge in [-0.15, -0.1) is 0 Å². The number of ether oxygens (including phenoxy) is 1. The number of ketones is 3. The Labute approximate surface area is 247 Å². The molecule has 5 nitrogen and oxygen atoms in total. The predicted octanol–water partition coefficient (Wildman–Crippen LogP) is 7.19. The highest BCUT2D eigenvalue weighted by atomic mass is 35.5. The topological polar surface area (TPSA) is 63.7 Å². The molecule has 0 bridgehead atoms. The first-order chi connectivity index (χ1) is 20.4. The van der Waals surface area contributed by atoms with Crippen LogP contribution in [0.1, 0.15) is 55.0 Å². The molecule has 2 aliphatic heterocycles. The molecule has 0 saturated carbocycles. The van der Waals surface area contributed by atoms with E-state index in [2.05, 4.69) is 0 Å². The predicted molar refractivity (Wildman–Crippen MR) is 159 cm³/mol. The Morgan fingerprint density at radius 1 is 0.929 bits per heavy atom. The summed E-state index contributed by atoms with van der Waals surface area (Å²) in [6.45, 7) is 2.21.